The molecule has 6 nitrogen and oxygen atoms in total. The first-order chi connectivity index (χ1) is 10.4. The van der Waals surface area contributed by atoms with Gasteiger partial charge >= 0.3 is 0 Å². The van der Waals surface area contributed by atoms with Gasteiger partial charge < -0.3 is 14.6 Å². The fourth-order valence-electron chi connectivity index (χ4n) is 3.45. The number of ether oxygens (including phenoxy) is 1. The van der Waals surface area contributed by atoms with E-state index in [2.05, 4.69) is 20.4 Å². The van der Waals surface area contributed by atoms with E-state index in [0.29, 0.717) is 11.8 Å². The quantitative estimate of drug-likeness (QED) is 0.892. The number of nitrogens with one attached hydrogen (secondary N) is 1. The van der Waals surface area contributed by atoms with E-state index in [-0.39, 0.29) is 6.10 Å². The average Bonchev–Trinajstić information content (AvgIpc) is 2.98. The van der Waals surface area contributed by atoms with Gasteiger partial charge in [0.25, 0.3) is 0 Å². The first-order valence-electron chi connectivity index (χ1n) is 8.15. The number of aromatic nitrogens is 2. The zero-order chi connectivity index (χ0) is 14.5. The lowest BCUT2D eigenvalue weighted by Crippen LogP contribution is -2.42. The number of rotatable bonds is 5. The number of methoxy groups -OCH3 is 1. The Hall–Kier alpha value is -0.980. The second-order valence-corrected chi connectivity index (χ2v) is 6.13. The topological polar surface area (TPSA) is 63.4 Å². The predicted molar refractivity (Wildman–Crippen MR) is 78.8 cm³/mol. The molecule has 0 bridgehead atoms. The van der Waals surface area contributed by atoms with Gasteiger partial charge in [-0.3, -0.25) is 4.90 Å². The molecule has 1 aliphatic heterocycles. The Bertz CT molecular complexity index is 425. The number of piperazine rings is 1. The molecule has 1 aromatic rings. The molecule has 2 aliphatic rings. The van der Waals surface area contributed by atoms with Crippen molar-refractivity contribution in [2.24, 2.45) is 5.92 Å². The highest BCUT2D eigenvalue weighted by molar-refractivity contribution is 4.95. The van der Waals surface area contributed by atoms with Gasteiger partial charge in [-0.1, -0.05) is 24.4 Å². The number of hydrogen-bond acceptors (Lipinski definition) is 6. The fourth-order valence-corrected chi connectivity index (χ4v) is 3.45. The molecule has 118 valence electrons. The molecule has 0 spiro atoms. The normalized spacial score (nSPS) is 23.3. The molecule has 2 heterocycles. The molecule has 2 fully saturated rings. The highest BCUT2D eigenvalue weighted by Crippen LogP contribution is 2.35. The van der Waals surface area contributed by atoms with E-state index in [0.717, 1.165) is 38.5 Å². The van der Waals surface area contributed by atoms with Crippen molar-refractivity contribution in [3.8, 4) is 0 Å². The summed E-state index contributed by atoms with van der Waals surface area (Å²) < 4.78 is 11.1. The minimum atomic E-state index is -0.00850. The maximum absolute atomic E-state index is 5.67. The summed E-state index contributed by atoms with van der Waals surface area (Å²) in [6, 6.07) is 0. The minimum absolute atomic E-state index is 0.00850. The summed E-state index contributed by atoms with van der Waals surface area (Å²) in [5.41, 5.74) is 0. The fraction of sp³-hybridized carbons (Fsp3) is 0.867. The molecule has 6 heteroatoms. The van der Waals surface area contributed by atoms with Gasteiger partial charge in [0.15, 0.2) is 0 Å². The van der Waals surface area contributed by atoms with Crippen LogP contribution in [0.5, 0.6) is 0 Å². The molecule has 1 saturated carbocycles. The van der Waals surface area contributed by atoms with Gasteiger partial charge in [0.05, 0.1) is 6.54 Å². The van der Waals surface area contributed by atoms with Gasteiger partial charge in [-0.15, -0.1) is 0 Å². The summed E-state index contributed by atoms with van der Waals surface area (Å²) in [7, 11) is 1.76. The van der Waals surface area contributed by atoms with Crippen molar-refractivity contribution in [3.05, 3.63) is 11.7 Å². The standard InChI is InChI=1S/C15H26N4O2/c1-20-14(12-5-3-2-4-6-12)15-17-13(21-18-15)11-19-9-7-16-8-10-19/h12,14,16H,2-11H2,1H3. The van der Waals surface area contributed by atoms with E-state index in [1.165, 1.54) is 32.1 Å². The van der Waals surface area contributed by atoms with E-state index in [9.17, 15) is 0 Å². The van der Waals surface area contributed by atoms with Gasteiger partial charge in [-0.2, -0.15) is 4.98 Å². The minimum Gasteiger partial charge on any atom is -0.373 e. The zero-order valence-corrected chi connectivity index (χ0v) is 12.9. The lowest BCUT2D eigenvalue weighted by atomic mass is 9.85. The van der Waals surface area contributed by atoms with Gasteiger partial charge in [0.1, 0.15) is 6.10 Å². The van der Waals surface area contributed by atoms with Crippen molar-refractivity contribution in [1.29, 1.82) is 0 Å². The second-order valence-electron chi connectivity index (χ2n) is 6.13. The van der Waals surface area contributed by atoms with Crippen molar-refractivity contribution in [2.45, 2.75) is 44.8 Å². The van der Waals surface area contributed by atoms with E-state index < -0.39 is 0 Å². The van der Waals surface area contributed by atoms with Gasteiger partial charge in [-0.05, 0) is 18.8 Å². The zero-order valence-electron chi connectivity index (χ0n) is 12.9. The third-order valence-electron chi connectivity index (χ3n) is 4.64. The molecule has 1 N–H and O–H groups in total. The SMILES string of the molecule is COC(c1noc(CN2CCNCC2)n1)C1CCCCC1. The van der Waals surface area contributed by atoms with E-state index in [4.69, 9.17) is 9.26 Å². The molecule has 0 amide bonds. The Labute approximate surface area is 126 Å². The predicted octanol–water partition coefficient (Wildman–Crippen LogP) is 1.74. The Kier molecular flexibility index (Phi) is 5.22. The summed E-state index contributed by atoms with van der Waals surface area (Å²) in [4.78, 5) is 6.93. The summed E-state index contributed by atoms with van der Waals surface area (Å²) in [6.45, 7) is 4.88. The molecule has 0 radical (unpaired) electrons. The van der Waals surface area contributed by atoms with Crippen LogP contribution in [-0.4, -0.2) is 48.3 Å². The van der Waals surface area contributed by atoms with Crippen LogP contribution in [0.4, 0.5) is 0 Å². The van der Waals surface area contributed by atoms with Gasteiger partial charge in [0, 0.05) is 33.3 Å². The van der Waals surface area contributed by atoms with Crippen LogP contribution in [0.25, 0.3) is 0 Å². The lowest BCUT2D eigenvalue weighted by molar-refractivity contribution is 0.0273. The Morgan fingerprint density at radius 2 is 2.05 bits per heavy atom. The van der Waals surface area contributed by atoms with E-state index in [1.54, 1.807) is 7.11 Å². The molecule has 1 aromatic heterocycles. The van der Waals surface area contributed by atoms with Crippen molar-refractivity contribution in [3.63, 3.8) is 0 Å². The van der Waals surface area contributed by atoms with Crippen LogP contribution in [0, 0.1) is 5.92 Å². The number of hydrogen-bond donors (Lipinski definition) is 1. The summed E-state index contributed by atoms with van der Waals surface area (Å²) in [5, 5.41) is 7.52. The van der Waals surface area contributed by atoms with Gasteiger partial charge in [-0.25, -0.2) is 0 Å². The van der Waals surface area contributed by atoms with Crippen molar-refractivity contribution in [1.82, 2.24) is 20.4 Å². The molecule has 0 aromatic carbocycles. The van der Waals surface area contributed by atoms with Crippen LogP contribution in [0.3, 0.4) is 0 Å². The molecule has 1 saturated heterocycles. The molecular formula is C15H26N4O2. The lowest BCUT2D eigenvalue weighted by Gasteiger charge is -2.27. The number of nitrogens with zero attached hydrogens (tertiary/aromatic N) is 3. The average molecular weight is 294 g/mol. The largest absolute Gasteiger partial charge is 0.373 e. The third kappa shape index (κ3) is 3.81. The van der Waals surface area contributed by atoms with Crippen LogP contribution < -0.4 is 5.32 Å². The van der Waals surface area contributed by atoms with E-state index in [1.807, 2.05) is 0 Å². The Morgan fingerprint density at radius 3 is 2.76 bits per heavy atom. The Morgan fingerprint density at radius 1 is 1.29 bits per heavy atom. The summed E-state index contributed by atoms with van der Waals surface area (Å²) >= 11 is 0. The first-order valence-corrected chi connectivity index (χ1v) is 8.15. The Balaban J connectivity index is 1.61. The highest BCUT2D eigenvalue weighted by Gasteiger charge is 2.29. The van der Waals surface area contributed by atoms with E-state index >= 15 is 0 Å². The molecule has 1 aliphatic carbocycles. The van der Waals surface area contributed by atoms with Crippen molar-refractivity contribution < 1.29 is 9.26 Å². The summed E-state index contributed by atoms with van der Waals surface area (Å²) in [6.07, 6.45) is 6.32. The van der Waals surface area contributed by atoms with Crippen LogP contribution in [-0.2, 0) is 11.3 Å². The first kappa shape index (κ1) is 14.9. The monoisotopic (exact) mass is 294 g/mol. The van der Waals surface area contributed by atoms with Gasteiger partial charge in [0.2, 0.25) is 11.7 Å². The third-order valence-corrected chi connectivity index (χ3v) is 4.64. The van der Waals surface area contributed by atoms with Crippen LogP contribution in [0.1, 0.15) is 49.9 Å². The van der Waals surface area contributed by atoms with Crippen LogP contribution in [0.2, 0.25) is 0 Å². The second kappa shape index (κ2) is 7.33. The maximum Gasteiger partial charge on any atom is 0.240 e. The van der Waals surface area contributed by atoms with Crippen LogP contribution >= 0.6 is 0 Å². The molecule has 21 heavy (non-hydrogen) atoms. The molecule has 1 atom stereocenters. The molecule has 1 unspecified atom stereocenters. The smallest absolute Gasteiger partial charge is 0.240 e. The maximum atomic E-state index is 5.67. The van der Waals surface area contributed by atoms with Crippen LogP contribution in [0.15, 0.2) is 4.52 Å². The highest BCUT2D eigenvalue weighted by atomic mass is 16.5. The summed E-state index contributed by atoms with van der Waals surface area (Å²) in [5.74, 6) is 1.98. The van der Waals surface area contributed by atoms with Crippen molar-refractivity contribution >= 4 is 0 Å². The molecule has 3 rings (SSSR count). The molecular weight excluding hydrogens is 268 g/mol. The van der Waals surface area contributed by atoms with Crippen molar-refractivity contribution in [2.75, 3.05) is 33.3 Å².